The Labute approximate surface area is 157 Å². The van der Waals surface area contributed by atoms with Crippen molar-refractivity contribution in [2.24, 2.45) is 16.3 Å². The molecule has 7 nitrogen and oxygen atoms in total. The minimum absolute atomic E-state index is 0.0279. The van der Waals surface area contributed by atoms with Crippen LogP contribution in [-0.4, -0.2) is 50.1 Å². The molecular weight excluding hydrogens is 332 g/mol. The van der Waals surface area contributed by atoms with Crippen molar-refractivity contribution in [2.45, 2.75) is 66.3 Å². The van der Waals surface area contributed by atoms with Crippen LogP contribution in [0.3, 0.4) is 0 Å². The molecule has 1 rings (SSSR count). The smallest absolute Gasteiger partial charge is 0.308 e. The third-order valence-electron chi connectivity index (χ3n) is 4.38. The van der Waals surface area contributed by atoms with Crippen LogP contribution in [0.25, 0.3) is 0 Å². The van der Waals surface area contributed by atoms with Crippen LogP contribution in [0.1, 0.15) is 60.3 Å². The van der Waals surface area contributed by atoms with Crippen LogP contribution in [0, 0.1) is 11.3 Å². The van der Waals surface area contributed by atoms with Crippen molar-refractivity contribution >= 4 is 17.8 Å². The molecule has 0 saturated heterocycles. The summed E-state index contributed by atoms with van der Waals surface area (Å²) >= 11 is 0. The lowest BCUT2D eigenvalue weighted by molar-refractivity contribution is -0.149. The third kappa shape index (κ3) is 8.06. The Kier molecular flexibility index (Phi) is 9.44. The van der Waals surface area contributed by atoms with E-state index in [4.69, 9.17) is 4.74 Å². The fourth-order valence-corrected chi connectivity index (χ4v) is 2.85. The molecule has 1 fully saturated rings. The van der Waals surface area contributed by atoms with E-state index >= 15 is 0 Å². The average molecular weight is 369 g/mol. The lowest BCUT2D eigenvalue weighted by atomic mass is 9.86. The molecule has 1 aliphatic rings. The van der Waals surface area contributed by atoms with E-state index in [0.717, 1.165) is 38.2 Å². The van der Waals surface area contributed by atoms with Gasteiger partial charge in [-0.2, -0.15) is 0 Å². The highest BCUT2D eigenvalue weighted by Gasteiger charge is 2.27. The van der Waals surface area contributed by atoms with Gasteiger partial charge in [0.1, 0.15) is 0 Å². The van der Waals surface area contributed by atoms with Gasteiger partial charge in [-0.05, 0) is 39.5 Å². The topological polar surface area (TPSA) is 91.8 Å². The molecule has 0 aromatic heterocycles. The van der Waals surface area contributed by atoms with Gasteiger partial charge >= 0.3 is 5.97 Å². The normalized spacial score (nSPS) is 21.0. The van der Waals surface area contributed by atoms with Gasteiger partial charge in [-0.15, -0.1) is 0 Å². The zero-order valence-electron chi connectivity index (χ0n) is 17.0. The molecule has 26 heavy (non-hydrogen) atoms. The van der Waals surface area contributed by atoms with Gasteiger partial charge in [0.05, 0.1) is 19.1 Å². The van der Waals surface area contributed by atoms with Gasteiger partial charge in [0.15, 0.2) is 5.96 Å². The molecule has 7 heteroatoms. The van der Waals surface area contributed by atoms with Crippen LogP contribution >= 0.6 is 0 Å². The number of rotatable bonds is 7. The van der Waals surface area contributed by atoms with Crippen molar-refractivity contribution in [1.82, 2.24) is 16.0 Å². The highest BCUT2D eigenvalue weighted by molar-refractivity contribution is 5.81. The monoisotopic (exact) mass is 368 g/mol. The summed E-state index contributed by atoms with van der Waals surface area (Å²) in [6, 6.07) is 0.308. The van der Waals surface area contributed by atoms with Crippen molar-refractivity contribution in [3.63, 3.8) is 0 Å². The largest absolute Gasteiger partial charge is 0.466 e. The summed E-state index contributed by atoms with van der Waals surface area (Å²) in [4.78, 5) is 28.2. The molecule has 0 unspecified atom stereocenters. The Morgan fingerprint density at radius 1 is 1.08 bits per heavy atom. The number of guanidine groups is 1. The Morgan fingerprint density at radius 3 is 2.27 bits per heavy atom. The van der Waals surface area contributed by atoms with Crippen molar-refractivity contribution in [1.29, 1.82) is 0 Å². The Morgan fingerprint density at radius 2 is 1.73 bits per heavy atom. The Bertz CT molecular complexity index is 478. The molecule has 1 saturated carbocycles. The zero-order valence-corrected chi connectivity index (χ0v) is 17.0. The quantitative estimate of drug-likeness (QED) is 0.276. The van der Waals surface area contributed by atoms with Gasteiger partial charge in [0.25, 0.3) is 0 Å². The molecule has 0 spiro atoms. The number of carbonyl (C=O) groups excluding carboxylic acids is 2. The molecule has 0 atom stereocenters. The number of esters is 1. The fraction of sp³-hybridized carbons (Fsp3) is 0.842. The van der Waals surface area contributed by atoms with E-state index in [0.29, 0.717) is 25.7 Å². The molecule has 0 heterocycles. The number of aliphatic imine (C=N–C) groups is 1. The van der Waals surface area contributed by atoms with E-state index in [2.05, 4.69) is 20.9 Å². The van der Waals surface area contributed by atoms with Gasteiger partial charge in [-0.25, -0.2) is 0 Å². The molecule has 1 amide bonds. The maximum absolute atomic E-state index is 11.9. The minimum atomic E-state index is -0.385. The fourth-order valence-electron chi connectivity index (χ4n) is 2.85. The molecule has 0 radical (unpaired) electrons. The van der Waals surface area contributed by atoms with E-state index in [1.807, 2.05) is 34.6 Å². The molecule has 0 aliphatic heterocycles. The number of hydrogen-bond acceptors (Lipinski definition) is 4. The maximum atomic E-state index is 11.9. The summed E-state index contributed by atoms with van der Waals surface area (Å²) in [5.74, 6) is 0.751. The Hall–Kier alpha value is -1.79. The van der Waals surface area contributed by atoms with Gasteiger partial charge < -0.3 is 20.7 Å². The average Bonchev–Trinajstić information content (AvgIpc) is 2.58. The highest BCUT2D eigenvalue weighted by Crippen LogP contribution is 2.25. The van der Waals surface area contributed by atoms with Crippen LogP contribution in [-0.2, 0) is 14.3 Å². The van der Waals surface area contributed by atoms with Crippen molar-refractivity contribution in [3.05, 3.63) is 0 Å². The van der Waals surface area contributed by atoms with Gasteiger partial charge in [-0.3, -0.25) is 14.6 Å². The molecule has 3 N–H and O–H groups in total. The van der Waals surface area contributed by atoms with E-state index in [9.17, 15) is 9.59 Å². The van der Waals surface area contributed by atoms with Crippen LogP contribution < -0.4 is 16.0 Å². The minimum Gasteiger partial charge on any atom is -0.466 e. The summed E-state index contributed by atoms with van der Waals surface area (Å²) in [6.45, 7) is 11.8. The van der Waals surface area contributed by atoms with Crippen molar-refractivity contribution in [2.75, 3.05) is 26.2 Å². The number of nitrogens with zero attached hydrogens (tertiary/aromatic N) is 1. The van der Waals surface area contributed by atoms with Crippen LogP contribution in [0.4, 0.5) is 0 Å². The summed E-state index contributed by atoms with van der Waals surface area (Å²) in [7, 11) is 0. The number of hydrogen-bond donors (Lipinski definition) is 3. The second-order valence-electron chi connectivity index (χ2n) is 7.71. The lowest BCUT2D eigenvalue weighted by Gasteiger charge is -2.29. The van der Waals surface area contributed by atoms with E-state index in [-0.39, 0.29) is 23.2 Å². The third-order valence-corrected chi connectivity index (χ3v) is 4.38. The van der Waals surface area contributed by atoms with E-state index < -0.39 is 0 Å². The molecule has 1 aliphatic carbocycles. The first kappa shape index (κ1) is 22.3. The van der Waals surface area contributed by atoms with Crippen molar-refractivity contribution < 1.29 is 14.3 Å². The van der Waals surface area contributed by atoms with Crippen LogP contribution in [0.15, 0.2) is 4.99 Å². The zero-order chi connectivity index (χ0) is 19.6. The van der Waals surface area contributed by atoms with E-state index in [1.165, 1.54) is 0 Å². The standard InChI is InChI=1S/C19H36N4O3/c1-6-20-18(22-13-12-21-17(25)19(3,4)5)23-15-10-8-14(9-11-15)16(24)26-7-2/h14-15H,6-13H2,1-5H3,(H,21,25)(H2,20,22,23). The van der Waals surface area contributed by atoms with Gasteiger partial charge in [0.2, 0.25) is 5.91 Å². The van der Waals surface area contributed by atoms with E-state index in [1.54, 1.807) is 0 Å². The Balaban J connectivity index is 2.41. The second kappa shape index (κ2) is 11.0. The number of carbonyl (C=O) groups is 2. The predicted octanol–water partition coefficient (Wildman–Crippen LogP) is 1.83. The van der Waals surface area contributed by atoms with Gasteiger partial charge in [0, 0.05) is 24.5 Å². The first-order valence-electron chi connectivity index (χ1n) is 9.77. The summed E-state index contributed by atoms with van der Waals surface area (Å²) in [6.07, 6.45) is 3.54. The predicted molar refractivity (Wildman–Crippen MR) is 104 cm³/mol. The lowest BCUT2D eigenvalue weighted by Crippen LogP contribution is -2.45. The molecule has 0 bridgehead atoms. The van der Waals surface area contributed by atoms with Crippen molar-refractivity contribution in [3.8, 4) is 0 Å². The molecular formula is C19H36N4O3. The first-order valence-corrected chi connectivity index (χ1v) is 9.77. The van der Waals surface area contributed by atoms with Gasteiger partial charge in [-0.1, -0.05) is 20.8 Å². The molecule has 0 aromatic carbocycles. The summed E-state index contributed by atoms with van der Waals surface area (Å²) in [5.41, 5.74) is -0.385. The number of amides is 1. The first-order chi connectivity index (χ1) is 12.3. The highest BCUT2D eigenvalue weighted by atomic mass is 16.5. The summed E-state index contributed by atoms with van der Waals surface area (Å²) in [5, 5.41) is 9.58. The van der Waals surface area contributed by atoms with Crippen LogP contribution in [0.5, 0.6) is 0 Å². The van der Waals surface area contributed by atoms with Crippen LogP contribution in [0.2, 0.25) is 0 Å². The SMILES string of the molecule is CCNC(=NCCNC(=O)C(C)(C)C)NC1CCC(C(=O)OCC)CC1. The second-order valence-corrected chi connectivity index (χ2v) is 7.71. The maximum Gasteiger partial charge on any atom is 0.308 e. The number of ether oxygens (including phenoxy) is 1. The summed E-state index contributed by atoms with van der Waals surface area (Å²) < 4.78 is 5.11. The number of nitrogens with one attached hydrogen (secondary N) is 3. The molecule has 150 valence electrons. The molecule has 0 aromatic rings.